The third-order valence-corrected chi connectivity index (χ3v) is 10.1. The monoisotopic (exact) mass is 682 g/mol. The fourth-order valence-electron chi connectivity index (χ4n) is 7.14. The molecule has 0 bridgehead atoms. The molecule has 258 valence electrons. The van der Waals surface area contributed by atoms with Crippen LogP contribution in [0.15, 0.2) is 79.3 Å². The minimum atomic E-state index is -4.58. The molecule has 2 aliphatic rings. The third-order valence-electron chi connectivity index (χ3n) is 10.1. The van der Waals surface area contributed by atoms with Gasteiger partial charge in [0.05, 0.1) is 17.5 Å². The summed E-state index contributed by atoms with van der Waals surface area (Å²) in [7, 11) is 0. The maximum atomic E-state index is 13.8. The predicted octanol–water partition coefficient (Wildman–Crippen LogP) is 6.55. The highest BCUT2D eigenvalue weighted by atomic mass is 19.4. The van der Waals surface area contributed by atoms with E-state index >= 15 is 0 Å². The minimum absolute atomic E-state index is 0.0788. The average Bonchev–Trinajstić information content (AvgIpc) is 3.76. The van der Waals surface area contributed by atoms with Crippen LogP contribution in [-0.2, 0) is 15.8 Å². The molecule has 50 heavy (non-hydrogen) atoms. The Morgan fingerprint density at radius 2 is 1.70 bits per heavy atom. The van der Waals surface area contributed by atoms with Gasteiger partial charge in [-0.3, -0.25) is 24.6 Å². The van der Waals surface area contributed by atoms with Crippen molar-refractivity contribution in [2.24, 2.45) is 5.41 Å². The number of nitrogens with one attached hydrogen (secondary N) is 2. The number of aromatic nitrogens is 5. The zero-order chi connectivity index (χ0) is 34.9. The van der Waals surface area contributed by atoms with Crippen molar-refractivity contribution in [2.45, 2.75) is 44.7 Å². The van der Waals surface area contributed by atoms with Crippen molar-refractivity contribution in [3.8, 4) is 22.6 Å². The number of benzene rings is 2. The molecule has 2 aliphatic heterocycles. The molecule has 2 amide bonds. The molecule has 10 nitrogen and oxygen atoms in total. The number of hydrogen-bond acceptors (Lipinski definition) is 7. The second kappa shape index (κ2) is 13.6. The van der Waals surface area contributed by atoms with E-state index in [-0.39, 0.29) is 23.9 Å². The number of likely N-dealkylation sites (tertiary alicyclic amines) is 2. The van der Waals surface area contributed by atoms with Crippen molar-refractivity contribution in [3.05, 3.63) is 90.5 Å². The van der Waals surface area contributed by atoms with Crippen LogP contribution in [0.2, 0.25) is 0 Å². The maximum Gasteiger partial charge on any atom is 0.433 e. The van der Waals surface area contributed by atoms with Gasteiger partial charge >= 0.3 is 6.18 Å². The maximum absolute atomic E-state index is 13.8. The number of carbonyl (C=O) groups excluding carboxylic acids is 2. The van der Waals surface area contributed by atoms with Gasteiger partial charge in [0.25, 0.3) is 0 Å². The molecule has 0 unspecified atom stereocenters. The van der Waals surface area contributed by atoms with Crippen LogP contribution in [0.3, 0.4) is 0 Å². The van der Waals surface area contributed by atoms with E-state index in [0.29, 0.717) is 73.0 Å². The zero-order valence-electron chi connectivity index (χ0n) is 27.6. The molecule has 13 heteroatoms. The van der Waals surface area contributed by atoms with Crippen LogP contribution in [0.5, 0.6) is 0 Å². The van der Waals surface area contributed by atoms with Gasteiger partial charge in [-0.05, 0) is 80.1 Å². The van der Waals surface area contributed by atoms with Crippen LogP contribution in [0, 0.1) is 5.41 Å². The number of carbonyl (C=O) groups is 2. The fraction of sp³-hybridized carbons (Fsp3) is 0.351. The molecule has 0 spiro atoms. The lowest BCUT2D eigenvalue weighted by atomic mass is 9.83. The van der Waals surface area contributed by atoms with E-state index in [0.717, 1.165) is 30.7 Å². The first-order chi connectivity index (χ1) is 24.1. The van der Waals surface area contributed by atoms with Crippen LogP contribution in [-0.4, -0.2) is 79.5 Å². The molecule has 5 aromatic rings. The van der Waals surface area contributed by atoms with Crippen LogP contribution in [0.25, 0.3) is 33.5 Å². The molecule has 0 radical (unpaired) electrons. The van der Waals surface area contributed by atoms with Gasteiger partial charge in [0, 0.05) is 60.4 Å². The van der Waals surface area contributed by atoms with E-state index < -0.39 is 17.3 Å². The first kappa shape index (κ1) is 33.3. The number of nitrogens with zero attached hydrogens (tertiary/aromatic N) is 6. The highest BCUT2D eigenvalue weighted by molar-refractivity contribution is 6.00. The summed E-state index contributed by atoms with van der Waals surface area (Å²) in [6.07, 6.45) is 2.98. The second-order valence-corrected chi connectivity index (χ2v) is 13.2. The molecule has 2 N–H and O–H groups in total. The standard InChI is InChI=1S/C37H37F3N8O2/c1-2-36(35(50)44-28-8-9-30-29(21-28)33(46-45-30)27-10-16-41-31(20-27)37(38,39)40)13-19-47(23-36)22-32(49)48-17-11-25(12-18-48)24-4-6-26(7-5-24)34-42-14-3-15-43-34/h3-10,14-16,20-21,25H,2,11-13,17-19,22-23H2,1H3,(H,44,50)(H,45,46)/t36-/m1/s1. The Morgan fingerprint density at radius 3 is 2.42 bits per heavy atom. The Bertz CT molecular complexity index is 1990. The number of alkyl halides is 3. The number of H-pyrrole nitrogens is 1. The highest BCUT2D eigenvalue weighted by Crippen LogP contribution is 2.37. The molecule has 1 atom stereocenters. The molecule has 0 aliphatic carbocycles. The second-order valence-electron chi connectivity index (χ2n) is 13.2. The van der Waals surface area contributed by atoms with Crippen molar-refractivity contribution in [1.29, 1.82) is 0 Å². The first-order valence-electron chi connectivity index (χ1n) is 16.8. The molecule has 0 saturated carbocycles. The molecule has 3 aromatic heterocycles. The van der Waals surface area contributed by atoms with Gasteiger partial charge in [-0.25, -0.2) is 9.97 Å². The fourth-order valence-corrected chi connectivity index (χ4v) is 7.14. The molecule has 2 aromatic carbocycles. The first-order valence-corrected chi connectivity index (χ1v) is 16.8. The summed E-state index contributed by atoms with van der Waals surface area (Å²) in [4.78, 5) is 43.2. The Kier molecular flexibility index (Phi) is 9.08. The summed E-state index contributed by atoms with van der Waals surface area (Å²) in [6, 6.07) is 17.8. The van der Waals surface area contributed by atoms with Crippen molar-refractivity contribution < 1.29 is 22.8 Å². The van der Waals surface area contributed by atoms with E-state index in [4.69, 9.17) is 0 Å². The average molecular weight is 683 g/mol. The Balaban J connectivity index is 0.951. The van der Waals surface area contributed by atoms with Crippen LogP contribution in [0.4, 0.5) is 18.9 Å². The number of aromatic amines is 1. The number of pyridine rings is 1. The quantitative estimate of drug-likeness (QED) is 0.191. The highest BCUT2D eigenvalue weighted by Gasteiger charge is 2.44. The molecule has 2 saturated heterocycles. The molecule has 5 heterocycles. The lowest BCUT2D eigenvalue weighted by molar-refractivity contribution is -0.141. The smallest absolute Gasteiger partial charge is 0.342 e. The zero-order valence-corrected chi connectivity index (χ0v) is 27.6. The summed E-state index contributed by atoms with van der Waals surface area (Å²) in [6.45, 7) is 4.72. The Labute approximate surface area is 287 Å². The van der Waals surface area contributed by atoms with Gasteiger partial charge in [0.1, 0.15) is 11.4 Å². The van der Waals surface area contributed by atoms with E-state index in [1.54, 1.807) is 36.7 Å². The topological polar surface area (TPSA) is 120 Å². The molecule has 7 rings (SSSR count). The van der Waals surface area contributed by atoms with Crippen molar-refractivity contribution >= 4 is 28.4 Å². The summed E-state index contributed by atoms with van der Waals surface area (Å²) >= 11 is 0. The lowest BCUT2D eigenvalue weighted by Gasteiger charge is -2.33. The Hall–Kier alpha value is -5.17. The number of amides is 2. The molecular formula is C37H37F3N8O2. The lowest BCUT2D eigenvalue weighted by Crippen LogP contribution is -2.45. The summed E-state index contributed by atoms with van der Waals surface area (Å²) in [5, 5.41) is 10.7. The van der Waals surface area contributed by atoms with Crippen molar-refractivity contribution in [2.75, 3.05) is 38.0 Å². The largest absolute Gasteiger partial charge is 0.433 e. The van der Waals surface area contributed by atoms with Crippen LogP contribution in [0.1, 0.15) is 49.8 Å². The van der Waals surface area contributed by atoms with E-state index in [1.165, 1.54) is 11.6 Å². The molecule has 2 fully saturated rings. The number of hydrogen-bond donors (Lipinski definition) is 2. The van der Waals surface area contributed by atoms with E-state index in [1.807, 2.05) is 11.8 Å². The van der Waals surface area contributed by atoms with Crippen molar-refractivity contribution in [1.82, 2.24) is 34.9 Å². The van der Waals surface area contributed by atoms with Crippen LogP contribution < -0.4 is 5.32 Å². The van der Waals surface area contributed by atoms with Crippen LogP contribution >= 0.6 is 0 Å². The van der Waals surface area contributed by atoms with Crippen molar-refractivity contribution in [3.63, 3.8) is 0 Å². The SMILES string of the molecule is CC[C@@]1(C(=O)Nc2ccc3[nH]nc(-c4ccnc(C(F)(F)F)c4)c3c2)CCN(CC(=O)N2CCC(c3ccc(-c4ncccn4)cc3)CC2)C1. The number of fused-ring (bicyclic) bond motifs is 1. The van der Waals surface area contributed by atoms with Gasteiger partial charge in [0.15, 0.2) is 5.82 Å². The molecular weight excluding hydrogens is 645 g/mol. The minimum Gasteiger partial charge on any atom is -0.342 e. The normalized spacial score (nSPS) is 18.8. The predicted molar refractivity (Wildman–Crippen MR) is 183 cm³/mol. The summed E-state index contributed by atoms with van der Waals surface area (Å²) in [5.41, 5.74) is 2.29. The van der Waals surface area contributed by atoms with Gasteiger partial charge < -0.3 is 10.2 Å². The summed E-state index contributed by atoms with van der Waals surface area (Å²) in [5.74, 6) is 1.02. The Morgan fingerprint density at radius 1 is 0.940 bits per heavy atom. The number of rotatable bonds is 8. The number of piperidine rings is 1. The number of halogens is 3. The van der Waals surface area contributed by atoms with Gasteiger partial charge in [-0.2, -0.15) is 18.3 Å². The van der Waals surface area contributed by atoms with Gasteiger partial charge in [-0.15, -0.1) is 0 Å². The third kappa shape index (κ3) is 6.82. The number of anilines is 1. The van der Waals surface area contributed by atoms with E-state index in [9.17, 15) is 22.8 Å². The van der Waals surface area contributed by atoms with Gasteiger partial charge in [-0.1, -0.05) is 31.2 Å². The summed E-state index contributed by atoms with van der Waals surface area (Å²) < 4.78 is 39.9. The van der Waals surface area contributed by atoms with E-state index in [2.05, 4.69) is 59.6 Å². The van der Waals surface area contributed by atoms with Gasteiger partial charge in [0.2, 0.25) is 11.8 Å².